The van der Waals surface area contributed by atoms with Crippen molar-refractivity contribution in [2.45, 2.75) is 18.4 Å². The highest BCUT2D eigenvalue weighted by molar-refractivity contribution is 5.87. The molecule has 0 radical (unpaired) electrons. The third-order valence-corrected chi connectivity index (χ3v) is 2.51. The van der Waals surface area contributed by atoms with Crippen LogP contribution in [0.3, 0.4) is 0 Å². The Morgan fingerprint density at radius 1 is 1.43 bits per heavy atom. The average molecular weight is 195 g/mol. The third kappa shape index (κ3) is 1.48. The number of hydrogen-bond donors (Lipinski definition) is 2. The minimum atomic E-state index is -1.13. The lowest BCUT2D eigenvalue weighted by Crippen LogP contribution is -2.19. The van der Waals surface area contributed by atoms with Crippen molar-refractivity contribution in [2.24, 2.45) is 5.73 Å². The fourth-order valence-electron chi connectivity index (χ4n) is 1.42. The van der Waals surface area contributed by atoms with Crippen LogP contribution in [-0.2, 0) is 5.54 Å². The SMILES string of the molecule is NC1(c2cc(F)cc(C(=O)O)c2)CC1. The van der Waals surface area contributed by atoms with Crippen molar-refractivity contribution in [1.82, 2.24) is 0 Å². The van der Waals surface area contributed by atoms with Crippen molar-refractivity contribution in [3.05, 3.63) is 35.1 Å². The summed E-state index contributed by atoms with van der Waals surface area (Å²) in [5.74, 6) is -1.67. The number of carboxylic acids is 1. The lowest BCUT2D eigenvalue weighted by molar-refractivity contribution is 0.0696. The molecule has 1 fully saturated rings. The largest absolute Gasteiger partial charge is 0.478 e. The molecule has 14 heavy (non-hydrogen) atoms. The molecule has 0 bridgehead atoms. The van der Waals surface area contributed by atoms with E-state index >= 15 is 0 Å². The van der Waals surface area contributed by atoms with E-state index in [4.69, 9.17) is 10.8 Å². The van der Waals surface area contributed by atoms with Crippen molar-refractivity contribution in [3.8, 4) is 0 Å². The smallest absolute Gasteiger partial charge is 0.335 e. The molecule has 0 aromatic heterocycles. The predicted molar refractivity (Wildman–Crippen MR) is 48.5 cm³/mol. The molecular weight excluding hydrogens is 185 g/mol. The van der Waals surface area contributed by atoms with E-state index in [-0.39, 0.29) is 5.56 Å². The van der Waals surface area contributed by atoms with E-state index in [0.29, 0.717) is 5.56 Å². The summed E-state index contributed by atoms with van der Waals surface area (Å²) < 4.78 is 13.0. The highest BCUT2D eigenvalue weighted by Gasteiger charge is 2.40. The second-order valence-electron chi connectivity index (χ2n) is 3.69. The van der Waals surface area contributed by atoms with Crippen LogP contribution in [0.2, 0.25) is 0 Å². The Labute approximate surface area is 80.3 Å². The zero-order valence-electron chi connectivity index (χ0n) is 7.46. The number of carboxylic acid groups (broad SMARTS) is 1. The molecule has 4 heteroatoms. The van der Waals surface area contributed by atoms with Gasteiger partial charge in [0.15, 0.2) is 0 Å². The average Bonchev–Trinajstić information content (AvgIpc) is 2.84. The van der Waals surface area contributed by atoms with E-state index in [1.165, 1.54) is 12.1 Å². The van der Waals surface area contributed by atoms with Gasteiger partial charge in [-0.3, -0.25) is 0 Å². The summed E-state index contributed by atoms with van der Waals surface area (Å²) in [5, 5.41) is 8.71. The summed E-state index contributed by atoms with van der Waals surface area (Å²) in [6.45, 7) is 0. The highest BCUT2D eigenvalue weighted by Crippen LogP contribution is 2.42. The lowest BCUT2D eigenvalue weighted by atomic mass is 10.0. The molecule has 0 unspecified atom stereocenters. The summed E-state index contributed by atoms with van der Waals surface area (Å²) in [6.07, 6.45) is 1.57. The molecule has 0 amide bonds. The van der Waals surface area contributed by atoms with Crippen molar-refractivity contribution >= 4 is 5.97 Å². The van der Waals surface area contributed by atoms with E-state index in [1.54, 1.807) is 0 Å². The third-order valence-electron chi connectivity index (χ3n) is 2.51. The Morgan fingerprint density at radius 3 is 2.57 bits per heavy atom. The minimum absolute atomic E-state index is 0.0447. The number of benzene rings is 1. The second-order valence-corrected chi connectivity index (χ2v) is 3.69. The van der Waals surface area contributed by atoms with E-state index < -0.39 is 17.3 Å². The Balaban J connectivity index is 2.47. The summed E-state index contributed by atoms with van der Waals surface area (Å²) >= 11 is 0. The standard InChI is InChI=1S/C10H10FNO2/c11-8-4-6(9(13)14)3-7(5-8)10(12)1-2-10/h3-5H,1-2,12H2,(H,13,14). The van der Waals surface area contributed by atoms with Crippen molar-refractivity contribution in [2.75, 3.05) is 0 Å². The fraction of sp³-hybridized carbons (Fsp3) is 0.300. The first kappa shape index (κ1) is 9.15. The molecule has 1 aromatic carbocycles. The summed E-state index contributed by atoms with van der Waals surface area (Å²) in [5.41, 5.74) is 5.89. The monoisotopic (exact) mass is 195 g/mol. The molecule has 2 rings (SSSR count). The maximum absolute atomic E-state index is 13.0. The Morgan fingerprint density at radius 2 is 2.07 bits per heavy atom. The number of nitrogens with two attached hydrogens (primary N) is 1. The molecule has 0 atom stereocenters. The van der Waals surface area contributed by atoms with Gasteiger partial charge in [-0.15, -0.1) is 0 Å². The van der Waals surface area contributed by atoms with Crippen LogP contribution in [0, 0.1) is 5.82 Å². The van der Waals surface area contributed by atoms with Gasteiger partial charge in [0, 0.05) is 5.54 Å². The Kier molecular flexibility index (Phi) is 1.82. The normalized spacial score (nSPS) is 17.9. The first-order chi connectivity index (χ1) is 6.51. The molecule has 1 saturated carbocycles. The van der Waals surface area contributed by atoms with E-state index in [9.17, 15) is 9.18 Å². The van der Waals surface area contributed by atoms with E-state index in [0.717, 1.165) is 18.9 Å². The van der Waals surface area contributed by atoms with Crippen LogP contribution < -0.4 is 5.73 Å². The van der Waals surface area contributed by atoms with Gasteiger partial charge >= 0.3 is 5.97 Å². The first-order valence-electron chi connectivity index (χ1n) is 4.34. The van der Waals surface area contributed by atoms with Crippen LogP contribution in [0.1, 0.15) is 28.8 Å². The molecule has 3 N–H and O–H groups in total. The lowest BCUT2D eigenvalue weighted by Gasteiger charge is -2.09. The molecule has 74 valence electrons. The molecule has 0 saturated heterocycles. The molecule has 1 aliphatic carbocycles. The zero-order chi connectivity index (χ0) is 10.3. The molecule has 1 aliphatic rings. The fourth-order valence-corrected chi connectivity index (χ4v) is 1.42. The first-order valence-corrected chi connectivity index (χ1v) is 4.34. The summed E-state index contributed by atoms with van der Waals surface area (Å²) in [6, 6.07) is 3.75. The maximum Gasteiger partial charge on any atom is 0.335 e. The van der Waals surface area contributed by atoms with Crippen LogP contribution in [0.25, 0.3) is 0 Å². The molecule has 3 nitrogen and oxygen atoms in total. The summed E-state index contributed by atoms with van der Waals surface area (Å²) in [7, 11) is 0. The topological polar surface area (TPSA) is 63.3 Å². The zero-order valence-corrected chi connectivity index (χ0v) is 7.46. The highest BCUT2D eigenvalue weighted by atomic mass is 19.1. The van der Waals surface area contributed by atoms with Crippen molar-refractivity contribution < 1.29 is 14.3 Å². The quantitative estimate of drug-likeness (QED) is 0.751. The summed E-state index contributed by atoms with van der Waals surface area (Å²) in [4.78, 5) is 10.6. The van der Waals surface area contributed by atoms with Gasteiger partial charge in [0.2, 0.25) is 0 Å². The van der Waals surface area contributed by atoms with Gasteiger partial charge in [0.1, 0.15) is 5.82 Å². The number of hydrogen-bond acceptors (Lipinski definition) is 2. The predicted octanol–water partition coefficient (Wildman–Crippen LogP) is 1.47. The number of halogens is 1. The van der Waals surface area contributed by atoms with Gasteiger partial charge in [-0.05, 0) is 36.6 Å². The van der Waals surface area contributed by atoms with Crippen LogP contribution in [-0.4, -0.2) is 11.1 Å². The molecule has 0 heterocycles. The number of carbonyl (C=O) groups is 1. The van der Waals surface area contributed by atoms with Gasteiger partial charge in [-0.2, -0.15) is 0 Å². The van der Waals surface area contributed by atoms with Crippen LogP contribution in [0.5, 0.6) is 0 Å². The molecule has 0 spiro atoms. The Bertz CT molecular complexity index is 399. The Hall–Kier alpha value is -1.42. The molecular formula is C10H10FNO2. The minimum Gasteiger partial charge on any atom is -0.478 e. The maximum atomic E-state index is 13.0. The van der Waals surface area contributed by atoms with Crippen molar-refractivity contribution in [3.63, 3.8) is 0 Å². The van der Waals surface area contributed by atoms with Gasteiger partial charge in [0.25, 0.3) is 0 Å². The number of rotatable bonds is 2. The van der Waals surface area contributed by atoms with E-state index in [2.05, 4.69) is 0 Å². The molecule has 1 aromatic rings. The van der Waals surface area contributed by atoms with Crippen LogP contribution in [0.4, 0.5) is 4.39 Å². The van der Waals surface area contributed by atoms with Gasteiger partial charge < -0.3 is 10.8 Å². The second kappa shape index (κ2) is 2.78. The van der Waals surface area contributed by atoms with Crippen LogP contribution >= 0.6 is 0 Å². The van der Waals surface area contributed by atoms with E-state index in [1.807, 2.05) is 0 Å². The van der Waals surface area contributed by atoms with Crippen LogP contribution in [0.15, 0.2) is 18.2 Å². The van der Waals surface area contributed by atoms with Gasteiger partial charge in [-0.25, -0.2) is 9.18 Å². The molecule has 0 aliphatic heterocycles. The van der Waals surface area contributed by atoms with Crippen molar-refractivity contribution in [1.29, 1.82) is 0 Å². The number of aromatic carboxylic acids is 1. The van der Waals surface area contributed by atoms with Gasteiger partial charge in [0.05, 0.1) is 5.56 Å². The van der Waals surface area contributed by atoms with Gasteiger partial charge in [-0.1, -0.05) is 0 Å².